The molecule has 1 fully saturated rings. The summed E-state index contributed by atoms with van der Waals surface area (Å²) in [7, 11) is 0. The van der Waals surface area contributed by atoms with Crippen molar-refractivity contribution >= 4 is 5.91 Å². The van der Waals surface area contributed by atoms with Gasteiger partial charge in [0.05, 0.1) is 6.07 Å². The predicted molar refractivity (Wildman–Crippen MR) is 49.8 cm³/mol. The van der Waals surface area contributed by atoms with Crippen molar-refractivity contribution < 1.29 is 4.79 Å². The maximum Gasteiger partial charge on any atom is 0.219 e. The Morgan fingerprint density at radius 3 is 2.46 bits per heavy atom. The Labute approximate surface area is 79.3 Å². The lowest BCUT2D eigenvalue weighted by atomic mass is 9.86. The van der Waals surface area contributed by atoms with E-state index in [0.717, 1.165) is 25.9 Å². The molecule has 1 aliphatic rings. The second-order valence-corrected chi connectivity index (χ2v) is 3.76. The van der Waals surface area contributed by atoms with E-state index in [9.17, 15) is 4.79 Å². The molecule has 0 saturated carbocycles. The first-order valence-corrected chi connectivity index (χ1v) is 4.80. The maximum atomic E-state index is 11.0. The number of hydrogen-bond acceptors (Lipinski definition) is 2. The summed E-state index contributed by atoms with van der Waals surface area (Å²) < 4.78 is 0. The van der Waals surface area contributed by atoms with Crippen molar-refractivity contribution in [1.82, 2.24) is 4.90 Å². The molecule has 1 heterocycles. The zero-order valence-corrected chi connectivity index (χ0v) is 8.29. The predicted octanol–water partition coefficient (Wildman–Crippen LogP) is 1.40. The number of carbonyl (C=O) groups is 1. The van der Waals surface area contributed by atoms with Crippen LogP contribution in [0.3, 0.4) is 0 Å². The van der Waals surface area contributed by atoms with Gasteiger partial charge in [0.25, 0.3) is 0 Å². The van der Waals surface area contributed by atoms with Gasteiger partial charge in [0.15, 0.2) is 0 Å². The molecule has 1 unspecified atom stereocenters. The number of rotatable bonds is 1. The van der Waals surface area contributed by atoms with Gasteiger partial charge < -0.3 is 4.90 Å². The summed E-state index contributed by atoms with van der Waals surface area (Å²) in [5.41, 5.74) is 0. The Bertz CT molecular complexity index is 224. The van der Waals surface area contributed by atoms with E-state index in [1.54, 1.807) is 6.92 Å². The van der Waals surface area contributed by atoms with Crippen molar-refractivity contribution in [2.24, 2.45) is 11.8 Å². The summed E-state index contributed by atoms with van der Waals surface area (Å²) in [4.78, 5) is 12.9. The van der Waals surface area contributed by atoms with Crippen molar-refractivity contribution in [3.63, 3.8) is 0 Å². The van der Waals surface area contributed by atoms with E-state index in [4.69, 9.17) is 5.26 Å². The summed E-state index contributed by atoms with van der Waals surface area (Å²) in [6.45, 7) is 5.22. The molecule has 1 saturated heterocycles. The molecule has 1 amide bonds. The summed E-state index contributed by atoms with van der Waals surface area (Å²) in [5, 5.41) is 8.73. The lowest BCUT2D eigenvalue weighted by molar-refractivity contribution is -0.130. The molecule has 0 aromatic heterocycles. The van der Waals surface area contributed by atoms with Crippen LogP contribution < -0.4 is 0 Å². The monoisotopic (exact) mass is 180 g/mol. The Balaban J connectivity index is 2.40. The number of likely N-dealkylation sites (tertiary alicyclic amines) is 1. The van der Waals surface area contributed by atoms with Crippen molar-refractivity contribution in [3.8, 4) is 6.07 Å². The molecular formula is C10H16N2O. The third kappa shape index (κ3) is 2.45. The van der Waals surface area contributed by atoms with Crippen LogP contribution in [0.2, 0.25) is 0 Å². The van der Waals surface area contributed by atoms with Gasteiger partial charge in [0, 0.05) is 25.9 Å². The van der Waals surface area contributed by atoms with E-state index < -0.39 is 0 Å². The normalized spacial score (nSPS) is 20.8. The zero-order valence-electron chi connectivity index (χ0n) is 8.29. The third-order valence-electron chi connectivity index (χ3n) is 2.90. The van der Waals surface area contributed by atoms with Crippen molar-refractivity contribution in [3.05, 3.63) is 0 Å². The third-order valence-corrected chi connectivity index (χ3v) is 2.90. The Hall–Kier alpha value is -1.04. The number of nitrogens with zero attached hydrogens (tertiary/aromatic N) is 2. The summed E-state index contributed by atoms with van der Waals surface area (Å²) in [6.07, 6.45) is 1.96. The molecule has 13 heavy (non-hydrogen) atoms. The van der Waals surface area contributed by atoms with E-state index in [0.29, 0.717) is 5.92 Å². The van der Waals surface area contributed by atoms with E-state index in [2.05, 4.69) is 6.07 Å². The molecule has 1 rings (SSSR count). The minimum atomic E-state index is 0.133. The molecule has 0 aliphatic carbocycles. The second kappa shape index (κ2) is 4.27. The molecular weight excluding hydrogens is 164 g/mol. The van der Waals surface area contributed by atoms with Crippen molar-refractivity contribution in [2.45, 2.75) is 26.7 Å². The first-order valence-electron chi connectivity index (χ1n) is 4.80. The summed E-state index contributed by atoms with van der Waals surface area (Å²) in [5.74, 6) is 0.776. The summed E-state index contributed by atoms with van der Waals surface area (Å²) in [6, 6.07) is 2.28. The average molecular weight is 180 g/mol. The van der Waals surface area contributed by atoms with Gasteiger partial charge in [-0.3, -0.25) is 4.79 Å². The van der Waals surface area contributed by atoms with Gasteiger partial charge in [-0.15, -0.1) is 0 Å². The Morgan fingerprint density at radius 1 is 1.54 bits per heavy atom. The number of piperidine rings is 1. The number of amides is 1. The number of hydrogen-bond donors (Lipinski definition) is 0. The van der Waals surface area contributed by atoms with Crippen LogP contribution in [0.1, 0.15) is 26.7 Å². The van der Waals surface area contributed by atoms with Gasteiger partial charge in [-0.1, -0.05) is 0 Å². The lowest BCUT2D eigenvalue weighted by Crippen LogP contribution is -2.38. The van der Waals surface area contributed by atoms with Crippen LogP contribution in [0, 0.1) is 23.2 Å². The first-order chi connectivity index (χ1) is 6.15. The number of nitriles is 1. The number of carbonyl (C=O) groups excluding carboxylic acids is 1. The molecule has 0 bridgehead atoms. The molecule has 3 heteroatoms. The van der Waals surface area contributed by atoms with Crippen molar-refractivity contribution in [1.29, 1.82) is 5.26 Å². The molecule has 0 aromatic carbocycles. The molecule has 1 atom stereocenters. The Morgan fingerprint density at radius 2 is 2.08 bits per heavy atom. The highest BCUT2D eigenvalue weighted by Gasteiger charge is 2.24. The average Bonchev–Trinajstić information content (AvgIpc) is 2.17. The smallest absolute Gasteiger partial charge is 0.219 e. The van der Waals surface area contributed by atoms with Crippen LogP contribution in [0.5, 0.6) is 0 Å². The molecule has 72 valence electrons. The topological polar surface area (TPSA) is 44.1 Å². The van der Waals surface area contributed by atoms with E-state index in [-0.39, 0.29) is 11.8 Å². The van der Waals surface area contributed by atoms with Gasteiger partial charge >= 0.3 is 0 Å². The first kappa shape index (κ1) is 10.0. The Kier molecular flexibility index (Phi) is 3.30. The minimum absolute atomic E-state index is 0.133. The molecule has 1 aliphatic heterocycles. The van der Waals surface area contributed by atoms with Crippen LogP contribution in [0.4, 0.5) is 0 Å². The largest absolute Gasteiger partial charge is 0.343 e. The molecule has 0 spiro atoms. The van der Waals surface area contributed by atoms with Crippen LogP contribution in [0.15, 0.2) is 0 Å². The molecule has 0 N–H and O–H groups in total. The lowest BCUT2D eigenvalue weighted by Gasteiger charge is -2.32. The van der Waals surface area contributed by atoms with E-state index >= 15 is 0 Å². The highest BCUT2D eigenvalue weighted by Crippen LogP contribution is 2.24. The van der Waals surface area contributed by atoms with Gasteiger partial charge in [-0.25, -0.2) is 0 Å². The van der Waals surface area contributed by atoms with E-state index in [1.165, 1.54) is 0 Å². The summed E-state index contributed by atoms with van der Waals surface area (Å²) >= 11 is 0. The fourth-order valence-corrected chi connectivity index (χ4v) is 1.82. The van der Waals surface area contributed by atoms with Crippen LogP contribution in [0.25, 0.3) is 0 Å². The van der Waals surface area contributed by atoms with Gasteiger partial charge in [-0.2, -0.15) is 5.26 Å². The fourth-order valence-electron chi connectivity index (χ4n) is 1.82. The SMILES string of the molecule is CC(=O)N1CCC(C(C)C#N)CC1. The fraction of sp³-hybridized carbons (Fsp3) is 0.800. The van der Waals surface area contributed by atoms with Crippen LogP contribution in [-0.2, 0) is 4.79 Å². The quantitative estimate of drug-likeness (QED) is 0.612. The molecule has 3 nitrogen and oxygen atoms in total. The standard InChI is InChI=1S/C10H16N2O/c1-8(7-11)10-3-5-12(6-4-10)9(2)13/h8,10H,3-6H2,1-2H3. The highest BCUT2D eigenvalue weighted by molar-refractivity contribution is 5.73. The van der Waals surface area contributed by atoms with E-state index in [1.807, 2.05) is 11.8 Å². The molecule has 0 aromatic rings. The van der Waals surface area contributed by atoms with Gasteiger partial charge in [0.2, 0.25) is 5.91 Å². The van der Waals surface area contributed by atoms with Crippen molar-refractivity contribution in [2.75, 3.05) is 13.1 Å². The second-order valence-electron chi connectivity index (χ2n) is 3.76. The van der Waals surface area contributed by atoms with Gasteiger partial charge in [0.1, 0.15) is 0 Å². The molecule has 0 radical (unpaired) electrons. The van der Waals surface area contributed by atoms with Crippen LogP contribution in [-0.4, -0.2) is 23.9 Å². The van der Waals surface area contributed by atoms with Crippen LogP contribution >= 0.6 is 0 Å². The van der Waals surface area contributed by atoms with Gasteiger partial charge in [-0.05, 0) is 25.7 Å². The highest BCUT2D eigenvalue weighted by atomic mass is 16.2. The minimum Gasteiger partial charge on any atom is -0.343 e. The maximum absolute atomic E-state index is 11.0. The zero-order chi connectivity index (χ0) is 9.84.